The fraction of sp³-hybridized carbons (Fsp3) is 0.0968. The number of pyridine rings is 2. The Kier molecular flexibility index (Phi) is 8.39. The summed E-state index contributed by atoms with van der Waals surface area (Å²) < 4.78 is 31.3. The van der Waals surface area contributed by atoms with Crippen LogP contribution in [0.3, 0.4) is 0 Å². The number of hydrogen-bond acceptors (Lipinski definition) is 8. The number of nitrogens with one attached hydrogen (secondary N) is 3. The number of sulfone groups is 1. The third kappa shape index (κ3) is 6.37. The lowest BCUT2D eigenvalue weighted by molar-refractivity contribution is -0.142. The largest absolute Gasteiger partial charge is 0.467 e. The van der Waals surface area contributed by atoms with Crippen molar-refractivity contribution in [1.82, 2.24) is 15.3 Å². The smallest absolute Gasteiger partial charge is 0.328 e. The molecule has 5 aromatic rings. The Morgan fingerprint density at radius 3 is 2.38 bits per heavy atom. The van der Waals surface area contributed by atoms with Crippen molar-refractivity contribution in [2.75, 3.05) is 17.7 Å². The Hall–Kier alpha value is -5.29. The molecule has 0 aliphatic carbocycles. The van der Waals surface area contributed by atoms with Crippen LogP contribution in [0.5, 0.6) is 0 Å². The number of anilines is 3. The van der Waals surface area contributed by atoms with E-state index in [4.69, 9.17) is 4.74 Å². The number of amides is 2. The Bertz CT molecular complexity index is 1830. The van der Waals surface area contributed by atoms with E-state index in [0.717, 1.165) is 22.0 Å². The van der Waals surface area contributed by atoms with E-state index in [1.54, 1.807) is 48.9 Å². The first-order chi connectivity index (χ1) is 20.3. The molecule has 2 aromatic heterocycles. The normalized spacial score (nSPS) is 11.8. The molecule has 5 rings (SSSR count). The van der Waals surface area contributed by atoms with Crippen LogP contribution in [-0.4, -0.2) is 43.5 Å². The van der Waals surface area contributed by atoms with Crippen molar-refractivity contribution < 1.29 is 22.7 Å². The van der Waals surface area contributed by atoms with Gasteiger partial charge in [-0.1, -0.05) is 42.5 Å². The summed E-state index contributed by atoms with van der Waals surface area (Å²) in [6.07, 6.45) is 5.31. The molecule has 2 heterocycles. The van der Waals surface area contributed by atoms with E-state index >= 15 is 0 Å². The minimum Gasteiger partial charge on any atom is -0.467 e. The molecule has 0 aliphatic heterocycles. The first-order valence-electron chi connectivity index (χ1n) is 12.9. The van der Waals surface area contributed by atoms with E-state index in [1.807, 2.05) is 36.4 Å². The lowest BCUT2D eigenvalue weighted by Crippen LogP contribution is -2.45. The van der Waals surface area contributed by atoms with Crippen molar-refractivity contribution in [1.29, 1.82) is 0 Å². The van der Waals surface area contributed by atoms with Crippen molar-refractivity contribution in [2.45, 2.75) is 22.3 Å². The van der Waals surface area contributed by atoms with Gasteiger partial charge >= 0.3 is 12.0 Å². The number of rotatable bonds is 9. The van der Waals surface area contributed by atoms with Crippen LogP contribution >= 0.6 is 0 Å². The number of esters is 1. The predicted molar refractivity (Wildman–Crippen MR) is 159 cm³/mol. The number of ether oxygens (including phenoxy) is 1. The van der Waals surface area contributed by atoms with E-state index < -0.39 is 27.9 Å². The lowest BCUT2D eigenvalue weighted by Gasteiger charge is -2.18. The number of para-hydroxylation sites is 1. The molecule has 0 saturated heterocycles. The number of carbonyl (C=O) groups excluding carboxylic acids is 2. The molecular formula is C31H27N5O5S. The van der Waals surface area contributed by atoms with Gasteiger partial charge in [0.15, 0.2) is 0 Å². The zero-order valence-electron chi connectivity index (χ0n) is 22.5. The molecule has 0 spiro atoms. The van der Waals surface area contributed by atoms with E-state index in [9.17, 15) is 18.0 Å². The summed E-state index contributed by atoms with van der Waals surface area (Å²) in [7, 11) is -2.67. The van der Waals surface area contributed by atoms with Crippen molar-refractivity contribution in [3.8, 4) is 0 Å². The van der Waals surface area contributed by atoms with Crippen LogP contribution in [0, 0.1) is 0 Å². The molecule has 0 fully saturated rings. The van der Waals surface area contributed by atoms with Crippen LogP contribution in [0.2, 0.25) is 0 Å². The van der Waals surface area contributed by atoms with Crippen LogP contribution in [-0.2, 0) is 25.8 Å². The highest BCUT2D eigenvalue weighted by Gasteiger charge is 2.25. The quantitative estimate of drug-likeness (QED) is 0.204. The van der Waals surface area contributed by atoms with Crippen molar-refractivity contribution in [3.63, 3.8) is 0 Å². The number of hydrogen-bond donors (Lipinski definition) is 3. The number of nitrogens with zero attached hydrogens (tertiary/aromatic N) is 2. The molecule has 42 heavy (non-hydrogen) atoms. The maximum Gasteiger partial charge on any atom is 0.328 e. The Labute approximate surface area is 242 Å². The average Bonchev–Trinajstić information content (AvgIpc) is 3.02. The van der Waals surface area contributed by atoms with Gasteiger partial charge in [-0.25, -0.2) is 23.0 Å². The maximum absolute atomic E-state index is 13.2. The summed E-state index contributed by atoms with van der Waals surface area (Å²) in [5, 5.41) is 10.4. The summed E-state index contributed by atoms with van der Waals surface area (Å²) in [6, 6.07) is 23.3. The predicted octanol–water partition coefficient (Wildman–Crippen LogP) is 5.11. The number of fused-ring (bicyclic) bond motifs is 1. The molecule has 3 aromatic carbocycles. The molecule has 2 amide bonds. The van der Waals surface area contributed by atoms with Gasteiger partial charge in [0, 0.05) is 41.5 Å². The first-order valence-corrected chi connectivity index (χ1v) is 14.4. The highest BCUT2D eigenvalue weighted by atomic mass is 32.2. The highest BCUT2D eigenvalue weighted by molar-refractivity contribution is 7.91. The summed E-state index contributed by atoms with van der Waals surface area (Å²) in [5.41, 5.74) is 1.63. The van der Waals surface area contributed by atoms with Gasteiger partial charge in [0.25, 0.3) is 0 Å². The fourth-order valence-electron chi connectivity index (χ4n) is 4.40. The molecule has 10 nitrogen and oxygen atoms in total. The third-order valence-electron chi connectivity index (χ3n) is 6.49. The van der Waals surface area contributed by atoms with E-state index in [-0.39, 0.29) is 21.9 Å². The number of urea groups is 1. The topological polar surface area (TPSA) is 139 Å². The highest BCUT2D eigenvalue weighted by Crippen LogP contribution is 2.28. The average molecular weight is 582 g/mol. The summed E-state index contributed by atoms with van der Waals surface area (Å²) in [6.45, 7) is 0. The Morgan fingerprint density at radius 1 is 0.881 bits per heavy atom. The standard InChI is InChI=1S/C31H27N5O5S/c1-41-30(37)27(19-21-11-13-23(14-12-21)34-29-25-16-17-32-20-22(25)15-18-33-29)36-31(38)35-26-9-5-6-10-28(26)42(39,40)24-7-3-2-4-8-24/h2-18,20,27H,19H2,1H3,(H,33,34)(H2,35,36,38)/t27-/m0/s1. The summed E-state index contributed by atoms with van der Waals surface area (Å²) in [4.78, 5) is 34.1. The van der Waals surface area contributed by atoms with Crippen molar-refractivity contribution >= 4 is 49.8 Å². The van der Waals surface area contributed by atoms with Gasteiger partial charge in [0.05, 0.1) is 22.6 Å². The molecule has 0 unspecified atom stereocenters. The molecule has 0 bridgehead atoms. The third-order valence-corrected chi connectivity index (χ3v) is 8.32. The van der Waals surface area contributed by atoms with Gasteiger partial charge in [-0.2, -0.15) is 0 Å². The van der Waals surface area contributed by atoms with Gasteiger partial charge in [0.1, 0.15) is 11.9 Å². The first kappa shape index (κ1) is 28.2. The van der Waals surface area contributed by atoms with E-state index in [0.29, 0.717) is 5.82 Å². The molecule has 11 heteroatoms. The molecule has 1 atom stereocenters. The van der Waals surface area contributed by atoms with Crippen LogP contribution in [0.4, 0.5) is 22.0 Å². The molecule has 0 aliphatic rings. The van der Waals surface area contributed by atoms with Gasteiger partial charge in [-0.3, -0.25) is 4.98 Å². The molecule has 0 radical (unpaired) electrons. The van der Waals surface area contributed by atoms with Crippen molar-refractivity contribution in [3.05, 3.63) is 115 Å². The van der Waals surface area contributed by atoms with Gasteiger partial charge in [0.2, 0.25) is 9.84 Å². The number of methoxy groups -OCH3 is 1. The Morgan fingerprint density at radius 2 is 1.62 bits per heavy atom. The van der Waals surface area contributed by atoms with Crippen LogP contribution < -0.4 is 16.0 Å². The summed E-state index contributed by atoms with van der Waals surface area (Å²) >= 11 is 0. The second-order valence-electron chi connectivity index (χ2n) is 9.27. The Balaban J connectivity index is 1.28. The van der Waals surface area contributed by atoms with E-state index in [2.05, 4.69) is 25.9 Å². The SMILES string of the molecule is COC(=O)[C@H](Cc1ccc(Nc2nccc3cnccc23)cc1)NC(=O)Nc1ccccc1S(=O)(=O)c1ccccc1. The van der Waals surface area contributed by atoms with Crippen LogP contribution in [0.15, 0.2) is 119 Å². The number of aromatic nitrogens is 2. The zero-order valence-corrected chi connectivity index (χ0v) is 23.3. The van der Waals surface area contributed by atoms with Crippen molar-refractivity contribution in [2.24, 2.45) is 0 Å². The molecule has 0 saturated carbocycles. The summed E-state index contributed by atoms with van der Waals surface area (Å²) in [5.74, 6) is 0.0362. The van der Waals surface area contributed by atoms with Gasteiger partial charge in [-0.15, -0.1) is 0 Å². The minimum absolute atomic E-state index is 0.0685. The fourth-order valence-corrected chi connectivity index (χ4v) is 5.83. The van der Waals surface area contributed by atoms with Crippen LogP contribution in [0.1, 0.15) is 5.56 Å². The van der Waals surface area contributed by atoms with Crippen LogP contribution in [0.25, 0.3) is 10.8 Å². The second kappa shape index (κ2) is 12.5. The lowest BCUT2D eigenvalue weighted by atomic mass is 10.1. The number of benzene rings is 3. The number of carbonyl (C=O) groups is 2. The maximum atomic E-state index is 13.2. The minimum atomic E-state index is -3.90. The van der Waals surface area contributed by atoms with E-state index in [1.165, 1.54) is 31.4 Å². The monoisotopic (exact) mass is 581 g/mol. The molecule has 3 N–H and O–H groups in total. The molecule has 212 valence electrons. The molecular weight excluding hydrogens is 554 g/mol. The zero-order chi connectivity index (χ0) is 29.5. The van der Waals surface area contributed by atoms with Gasteiger partial charge in [-0.05, 0) is 54.1 Å². The van der Waals surface area contributed by atoms with Gasteiger partial charge < -0.3 is 20.7 Å². The second-order valence-corrected chi connectivity index (χ2v) is 11.2.